The van der Waals surface area contributed by atoms with E-state index in [4.69, 9.17) is 18.9 Å². The van der Waals surface area contributed by atoms with Gasteiger partial charge in [-0.05, 0) is 36.1 Å². The largest absolute Gasteiger partial charge is 0.462 e. The molecule has 3 aliphatic rings. The van der Waals surface area contributed by atoms with Gasteiger partial charge in [0, 0.05) is 31.1 Å². The number of esters is 2. The topological polar surface area (TPSA) is 71.1 Å². The molecule has 2 aromatic rings. The zero-order chi connectivity index (χ0) is 26.4. The van der Waals surface area contributed by atoms with Crippen molar-refractivity contribution in [2.24, 2.45) is 11.8 Å². The summed E-state index contributed by atoms with van der Waals surface area (Å²) >= 11 is 0. The molecule has 3 fully saturated rings. The molecule has 2 aromatic carbocycles. The lowest BCUT2D eigenvalue weighted by molar-refractivity contribution is -0.171. The normalized spacial score (nSPS) is 25.8. The summed E-state index contributed by atoms with van der Waals surface area (Å²) in [5.41, 5.74) is 2.69. The van der Waals surface area contributed by atoms with Crippen LogP contribution in [0.2, 0.25) is 0 Å². The number of ether oxygens (including phenoxy) is 4. The van der Waals surface area contributed by atoms with Crippen LogP contribution >= 0.6 is 0 Å². The zero-order valence-corrected chi connectivity index (χ0v) is 22.4. The van der Waals surface area contributed by atoms with E-state index in [1.54, 1.807) is 0 Å². The van der Waals surface area contributed by atoms with Gasteiger partial charge in [-0.15, -0.1) is 0 Å². The molecule has 1 aliphatic carbocycles. The first-order chi connectivity index (χ1) is 18.6. The van der Waals surface area contributed by atoms with Gasteiger partial charge in [-0.2, -0.15) is 0 Å². The third-order valence-corrected chi connectivity index (χ3v) is 8.47. The molecule has 1 saturated carbocycles. The number of unbranched alkanes of at least 4 members (excludes halogenated alkanes) is 4. The summed E-state index contributed by atoms with van der Waals surface area (Å²) in [6.45, 7) is 3.45. The number of carbonyl (C=O) groups is 2. The van der Waals surface area contributed by atoms with E-state index in [2.05, 4.69) is 6.92 Å². The highest BCUT2D eigenvalue weighted by Crippen LogP contribution is 2.46. The van der Waals surface area contributed by atoms with Crippen LogP contribution in [0, 0.1) is 11.8 Å². The molecule has 6 nitrogen and oxygen atoms in total. The molecule has 4 unspecified atom stereocenters. The maximum Gasteiger partial charge on any atom is 0.338 e. The first-order valence-corrected chi connectivity index (χ1v) is 14.4. The summed E-state index contributed by atoms with van der Waals surface area (Å²) in [6, 6.07) is 17.6. The van der Waals surface area contributed by atoms with E-state index in [9.17, 15) is 9.59 Å². The van der Waals surface area contributed by atoms with Crippen LogP contribution in [0.5, 0.6) is 0 Å². The molecule has 0 N–H and O–H groups in total. The average Bonchev–Trinajstić information content (AvgIpc) is 3.63. The Balaban J connectivity index is 1.22. The highest BCUT2D eigenvalue weighted by molar-refractivity contribution is 5.90. The minimum atomic E-state index is -0.560. The summed E-state index contributed by atoms with van der Waals surface area (Å²) in [6.07, 6.45) is 8.85. The lowest BCUT2D eigenvalue weighted by Gasteiger charge is -2.31. The zero-order valence-electron chi connectivity index (χ0n) is 22.4. The minimum Gasteiger partial charge on any atom is -0.462 e. The van der Waals surface area contributed by atoms with E-state index in [0.29, 0.717) is 31.6 Å². The van der Waals surface area contributed by atoms with E-state index in [0.717, 1.165) is 36.8 Å². The average molecular weight is 521 g/mol. The van der Waals surface area contributed by atoms with Crippen molar-refractivity contribution < 1.29 is 28.5 Å². The molecular formula is C32H40O6. The van der Waals surface area contributed by atoms with Crippen molar-refractivity contribution >= 4 is 11.9 Å². The van der Waals surface area contributed by atoms with Gasteiger partial charge in [0.1, 0.15) is 12.2 Å². The van der Waals surface area contributed by atoms with Crippen LogP contribution in [0.25, 0.3) is 11.1 Å². The van der Waals surface area contributed by atoms with Gasteiger partial charge in [-0.1, -0.05) is 75.1 Å². The second-order valence-corrected chi connectivity index (χ2v) is 11.0. The van der Waals surface area contributed by atoms with Gasteiger partial charge >= 0.3 is 11.9 Å². The predicted octanol–water partition coefficient (Wildman–Crippen LogP) is 6.71. The van der Waals surface area contributed by atoms with Crippen molar-refractivity contribution in [3.8, 4) is 11.1 Å². The quantitative estimate of drug-likeness (QED) is 0.229. The second kappa shape index (κ2) is 12.4. The molecule has 6 heteroatoms. The van der Waals surface area contributed by atoms with Crippen molar-refractivity contribution in [3.63, 3.8) is 0 Å². The molecule has 38 heavy (non-hydrogen) atoms. The van der Waals surface area contributed by atoms with Crippen molar-refractivity contribution in [2.75, 3.05) is 13.2 Å². The van der Waals surface area contributed by atoms with E-state index in [1.807, 2.05) is 54.6 Å². The number of hydrogen-bond acceptors (Lipinski definition) is 6. The molecule has 2 heterocycles. The fourth-order valence-corrected chi connectivity index (χ4v) is 6.42. The molecule has 0 amide bonds. The Kier molecular flexibility index (Phi) is 8.80. The molecule has 2 aliphatic heterocycles. The van der Waals surface area contributed by atoms with Gasteiger partial charge in [0.2, 0.25) is 0 Å². The Labute approximate surface area is 226 Å². The Hall–Kier alpha value is -2.70. The monoisotopic (exact) mass is 520 g/mol. The van der Waals surface area contributed by atoms with Crippen molar-refractivity contribution in [1.82, 2.24) is 0 Å². The third-order valence-electron chi connectivity index (χ3n) is 8.47. The molecule has 2 saturated heterocycles. The van der Waals surface area contributed by atoms with E-state index in [-0.39, 0.29) is 36.0 Å². The first-order valence-electron chi connectivity index (χ1n) is 14.4. The smallest absolute Gasteiger partial charge is 0.338 e. The fourth-order valence-electron chi connectivity index (χ4n) is 6.42. The van der Waals surface area contributed by atoms with Crippen molar-refractivity contribution in [1.29, 1.82) is 0 Å². The van der Waals surface area contributed by atoms with E-state index >= 15 is 0 Å². The standard InChI is InChI=1S/C32H40O6/c1-2-3-4-5-9-17-32(35-19-20-36-32)18-16-26-27-21-30(33)37-29(27)22-28(26)38-31(34)25-14-12-24(13-15-25)23-10-7-6-8-11-23/h6-8,10-15,26-29H,2-5,9,16-22H2,1H3. The van der Waals surface area contributed by atoms with Crippen LogP contribution in [-0.4, -0.2) is 43.1 Å². The highest BCUT2D eigenvalue weighted by atomic mass is 16.7. The first kappa shape index (κ1) is 26.9. The lowest BCUT2D eigenvalue weighted by atomic mass is 9.86. The Morgan fingerprint density at radius 2 is 1.63 bits per heavy atom. The van der Waals surface area contributed by atoms with Gasteiger partial charge in [0.15, 0.2) is 5.79 Å². The van der Waals surface area contributed by atoms with Gasteiger partial charge in [0.25, 0.3) is 0 Å². The number of benzene rings is 2. The lowest BCUT2D eigenvalue weighted by Crippen LogP contribution is -2.33. The molecule has 0 radical (unpaired) electrons. The predicted molar refractivity (Wildman–Crippen MR) is 144 cm³/mol. The molecule has 0 spiro atoms. The summed E-state index contributed by atoms with van der Waals surface area (Å²) in [5, 5.41) is 0. The van der Waals surface area contributed by atoms with Crippen LogP contribution in [0.3, 0.4) is 0 Å². The minimum absolute atomic E-state index is 0.0451. The number of carbonyl (C=O) groups excluding carboxylic acids is 2. The summed E-state index contributed by atoms with van der Waals surface area (Å²) in [5.74, 6) is -0.919. The highest BCUT2D eigenvalue weighted by Gasteiger charge is 2.52. The summed E-state index contributed by atoms with van der Waals surface area (Å²) < 4.78 is 24.0. The second-order valence-electron chi connectivity index (χ2n) is 11.0. The third kappa shape index (κ3) is 6.29. The Morgan fingerprint density at radius 3 is 2.37 bits per heavy atom. The molecule has 4 atom stereocenters. The van der Waals surface area contributed by atoms with E-state index < -0.39 is 5.79 Å². The SMILES string of the molecule is CCCCCCCC1(CCC2C(OC(=O)c3ccc(-c4ccccc4)cc3)CC3OC(=O)CC32)OCCO1. The molecule has 0 aromatic heterocycles. The molecule has 5 rings (SSSR count). The number of rotatable bonds is 12. The van der Waals surface area contributed by atoms with Crippen molar-refractivity contribution in [2.45, 2.75) is 89.1 Å². The van der Waals surface area contributed by atoms with E-state index in [1.165, 1.54) is 25.7 Å². The van der Waals surface area contributed by atoms with Crippen molar-refractivity contribution in [3.05, 3.63) is 60.2 Å². The molecule has 0 bridgehead atoms. The fraction of sp³-hybridized carbons (Fsp3) is 0.562. The maximum atomic E-state index is 13.1. The van der Waals surface area contributed by atoms with Crippen LogP contribution in [0.15, 0.2) is 54.6 Å². The van der Waals surface area contributed by atoms with Crippen LogP contribution < -0.4 is 0 Å². The van der Waals surface area contributed by atoms with Crippen LogP contribution in [-0.2, 0) is 23.7 Å². The molecular weight excluding hydrogens is 480 g/mol. The Morgan fingerprint density at radius 1 is 0.921 bits per heavy atom. The van der Waals surface area contributed by atoms with Gasteiger partial charge in [-0.3, -0.25) is 4.79 Å². The summed E-state index contributed by atoms with van der Waals surface area (Å²) in [7, 11) is 0. The van der Waals surface area contributed by atoms with Crippen LogP contribution in [0.1, 0.15) is 81.5 Å². The summed E-state index contributed by atoms with van der Waals surface area (Å²) in [4.78, 5) is 25.2. The molecule has 204 valence electrons. The Bertz CT molecular complexity index is 1060. The number of hydrogen-bond donors (Lipinski definition) is 0. The van der Waals surface area contributed by atoms with Gasteiger partial charge < -0.3 is 18.9 Å². The maximum absolute atomic E-state index is 13.1. The van der Waals surface area contributed by atoms with Crippen LogP contribution in [0.4, 0.5) is 0 Å². The number of fused-ring (bicyclic) bond motifs is 1. The van der Waals surface area contributed by atoms with Gasteiger partial charge in [-0.25, -0.2) is 4.79 Å². The van der Waals surface area contributed by atoms with Gasteiger partial charge in [0.05, 0.1) is 25.2 Å².